The number of hydrogen-bond acceptors (Lipinski definition) is 5. The van der Waals surface area contributed by atoms with Crippen LogP contribution in [0.15, 0.2) is 23.0 Å². The molecule has 0 bridgehead atoms. The molecule has 0 saturated carbocycles. The van der Waals surface area contributed by atoms with Crippen LogP contribution in [0.5, 0.6) is 0 Å². The van der Waals surface area contributed by atoms with Crippen LogP contribution >= 0.6 is 0 Å². The average molecular weight is 244 g/mol. The lowest BCUT2D eigenvalue weighted by Gasteiger charge is -2.09. The fraction of sp³-hybridized carbons (Fsp3) is 0.462. The summed E-state index contributed by atoms with van der Waals surface area (Å²) in [6, 6.07) is 2.13. The Balaban J connectivity index is 1.92. The lowest BCUT2D eigenvalue weighted by molar-refractivity contribution is 0.319. The molecule has 3 heterocycles. The number of nitrogens with one attached hydrogen (secondary N) is 1. The molecular weight excluding hydrogens is 228 g/mol. The van der Waals surface area contributed by atoms with Crippen molar-refractivity contribution in [2.24, 2.45) is 5.92 Å². The highest BCUT2D eigenvalue weighted by atomic mass is 16.5. The molecule has 0 aliphatic carbocycles. The zero-order valence-electron chi connectivity index (χ0n) is 10.6. The Kier molecular flexibility index (Phi) is 2.83. The molecule has 1 N–H and O–H groups in total. The van der Waals surface area contributed by atoms with E-state index in [1.165, 1.54) is 0 Å². The largest absolute Gasteiger partial charge is 0.337 e. The summed E-state index contributed by atoms with van der Waals surface area (Å²) in [5.41, 5.74) is 2.03. The van der Waals surface area contributed by atoms with Gasteiger partial charge in [0.1, 0.15) is 0 Å². The van der Waals surface area contributed by atoms with Gasteiger partial charge in [0.25, 0.3) is 0 Å². The highest BCUT2D eigenvalue weighted by Crippen LogP contribution is 2.29. The maximum atomic E-state index is 5.38. The van der Waals surface area contributed by atoms with Gasteiger partial charge in [0.15, 0.2) is 0 Å². The summed E-state index contributed by atoms with van der Waals surface area (Å²) in [5.74, 6) is 1.84. The van der Waals surface area contributed by atoms with E-state index in [2.05, 4.69) is 27.4 Å². The zero-order valence-corrected chi connectivity index (χ0v) is 10.6. The number of aryl methyl sites for hydroxylation is 1. The normalized spacial score (nSPS) is 23.4. The molecule has 1 aliphatic heterocycles. The Hall–Kier alpha value is -1.75. The molecule has 94 valence electrons. The van der Waals surface area contributed by atoms with Crippen molar-refractivity contribution in [2.45, 2.75) is 26.3 Å². The highest BCUT2D eigenvalue weighted by Gasteiger charge is 2.29. The van der Waals surface area contributed by atoms with Crippen molar-refractivity contribution in [2.75, 3.05) is 6.54 Å². The monoisotopic (exact) mass is 244 g/mol. The van der Waals surface area contributed by atoms with E-state index in [9.17, 15) is 0 Å². The van der Waals surface area contributed by atoms with Crippen LogP contribution in [-0.2, 0) is 0 Å². The van der Waals surface area contributed by atoms with Crippen LogP contribution in [0.25, 0.3) is 11.4 Å². The van der Waals surface area contributed by atoms with E-state index >= 15 is 0 Å². The standard InChI is InChI=1S/C13H16N4O/c1-8-3-5-14-7-10(8)12-16-13(18-17-12)11-9(2)4-6-15-11/h3,5,7,9,11,15H,4,6H2,1-2H3. The van der Waals surface area contributed by atoms with Crippen LogP contribution in [0.2, 0.25) is 0 Å². The van der Waals surface area contributed by atoms with E-state index in [-0.39, 0.29) is 6.04 Å². The fourth-order valence-electron chi connectivity index (χ4n) is 2.33. The number of aromatic nitrogens is 3. The second-order valence-corrected chi connectivity index (χ2v) is 4.84. The third kappa shape index (κ3) is 1.90. The Morgan fingerprint density at radius 3 is 3.06 bits per heavy atom. The van der Waals surface area contributed by atoms with Gasteiger partial charge in [-0.2, -0.15) is 4.98 Å². The van der Waals surface area contributed by atoms with Gasteiger partial charge in [-0.25, -0.2) is 0 Å². The van der Waals surface area contributed by atoms with E-state index in [4.69, 9.17) is 4.52 Å². The molecule has 1 aliphatic rings. The van der Waals surface area contributed by atoms with Gasteiger partial charge in [-0.1, -0.05) is 12.1 Å². The van der Waals surface area contributed by atoms with Crippen LogP contribution in [0.4, 0.5) is 0 Å². The van der Waals surface area contributed by atoms with E-state index in [0.29, 0.717) is 17.6 Å². The molecule has 0 radical (unpaired) electrons. The van der Waals surface area contributed by atoms with Gasteiger partial charge >= 0.3 is 0 Å². The fourth-order valence-corrected chi connectivity index (χ4v) is 2.33. The summed E-state index contributed by atoms with van der Waals surface area (Å²) in [7, 11) is 0. The Bertz CT molecular complexity index is 551. The molecule has 1 fully saturated rings. The topological polar surface area (TPSA) is 63.8 Å². The first-order chi connectivity index (χ1) is 8.75. The highest BCUT2D eigenvalue weighted by molar-refractivity contribution is 5.57. The second-order valence-electron chi connectivity index (χ2n) is 4.84. The Morgan fingerprint density at radius 2 is 2.33 bits per heavy atom. The zero-order chi connectivity index (χ0) is 12.5. The molecule has 5 heteroatoms. The van der Waals surface area contributed by atoms with Gasteiger partial charge in [0.2, 0.25) is 11.7 Å². The summed E-state index contributed by atoms with van der Waals surface area (Å²) >= 11 is 0. The van der Waals surface area contributed by atoms with Crippen LogP contribution < -0.4 is 5.32 Å². The summed E-state index contributed by atoms with van der Waals surface area (Å²) in [6.07, 6.45) is 4.68. The van der Waals surface area contributed by atoms with Gasteiger partial charge in [-0.05, 0) is 37.4 Å². The maximum Gasteiger partial charge on any atom is 0.244 e. The number of rotatable bonds is 2. The first-order valence-electron chi connectivity index (χ1n) is 6.23. The van der Waals surface area contributed by atoms with Crippen molar-refractivity contribution in [3.05, 3.63) is 29.9 Å². The first kappa shape index (κ1) is 11.3. The molecule has 2 unspecified atom stereocenters. The van der Waals surface area contributed by atoms with Crippen LogP contribution in [0, 0.1) is 12.8 Å². The van der Waals surface area contributed by atoms with E-state index < -0.39 is 0 Å². The van der Waals surface area contributed by atoms with Gasteiger partial charge < -0.3 is 9.84 Å². The van der Waals surface area contributed by atoms with Crippen LogP contribution in [-0.4, -0.2) is 21.7 Å². The van der Waals surface area contributed by atoms with Crippen molar-refractivity contribution in [3.63, 3.8) is 0 Å². The van der Waals surface area contributed by atoms with Crippen molar-refractivity contribution in [3.8, 4) is 11.4 Å². The van der Waals surface area contributed by atoms with Gasteiger partial charge in [-0.3, -0.25) is 4.98 Å². The molecular formula is C13H16N4O. The van der Waals surface area contributed by atoms with E-state index in [1.807, 2.05) is 13.0 Å². The SMILES string of the molecule is Cc1ccncc1-c1noc(C2NCCC2C)n1. The molecule has 0 spiro atoms. The lowest BCUT2D eigenvalue weighted by atomic mass is 10.0. The number of nitrogens with zero attached hydrogens (tertiary/aromatic N) is 3. The minimum absolute atomic E-state index is 0.184. The quantitative estimate of drug-likeness (QED) is 0.876. The molecule has 3 rings (SSSR count). The predicted octanol–water partition coefficient (Wildman–Crippen LogP) is 2.11. The van der Waals surface area contributed by atoms with Gasteiger partial charge in [0.05, 0.1) is 6.04 Å². The Morgan fingerprint density at radius 1 is 1.44 bits per heavy atom. The maximum absolute atomic E-state index is 5.38. The van der Waals surface area contributed by atoms with Crippen LogP contribution in [0.3, 0.4) is 0 Å². The number of pyridine rings is 1. The van der Waals surface area contributed by atoms with Gasteiger partial charge in [0, 0.05) is 18.0 Å². The predicted molar refractivity (Wildman–Crippen MR) is 66.8 cm³/mol. The third-order valence-corrected chi connectivity index (χ3v) is 3.52. The van der Waals surface area contributed by atoms with Crippen LogP contribution in [0.1, 0.15) is 30.8 Å². The second kappa shape index (κ2) is 4.49. The van der Waals surface area contributed by atoms with E-state index in [1.54, 1.807) is 12.4 Å². The lowest BCUT2D eigenvalue weighted by Crippen LogP contribution is -2.16. The molecule has 0 amide bonds. The average Bonchev–Trinajstić information content (AvgIpc) is 2.98. The van der Waals surface area contributed by atoms with E-state index in [0.717, 1.165) is 24.1 Å². The Labute approximate surface area is 106 Å². The third-order valence-electron chi connectivity index (χ3n) is 3.52. The molecule has 0 aromatic carbocycles. The summed E-state index contributed by atoms with van der Waals surface area (Å²) in [4.78, 5) is 8.60. The molecule has 1 saturated heterocycles. The minimum atomic E-state index is 0.184. The molecule has 2 aromatic rings. The molecule has 2 aromatic heterocycles. The van der Waals surface area contributed by atoms with Gasteiger partial charge in [-0.15, -0.1) is 0 Å². The van der Waals surface area contributed by atoms with Crippen molar-refractivity contribution >= 4 is 0 Å². The molecule has 2 atom stereocenters. The smallest absolute Gasteiger partial charge is 0.244 e. The van der Waals surface area contributed by atoms with Crippen molar-refractivity contribution in [1.82, 2.24) is 20.4 Å². The van der Waals surface area contributed by atoms with Crippen molar-refractivity contribution in [1.29, 1.82) is 0 Å². The minimum Gasteiger partial charge on any atom is -0.337 e. The first-order valence-corrected chi connectivity index (χ1v) is 6.23. The summed E-state index contributed by atoms with van der Waals surface area (Å²) in [5, 5.41) is 7.45. The molecule has 5 nitrogen and oxygen atoms in total. The van der Waals surface area contributed by atoms with Crippen molar-refractivity contribution < 1.29 is 4.52 Å². The molecule has 18 heavy (non-hydrogen) atoms. The summed E-state index contributed by atoms with van der Waals surface area (Å²) in [6.45, 7) is 5.23. The number of hydrogen-bond donors (Lipinski definition) is 1. The summed E-state index contributed by atoms with van der Waals surface area (Å²) < 4.78 is 5.38.